The van der Waals surface area contributed by atoms with E-state index in [2.05, 4.69) is 36.4 Å². The highest BCUT2D eigenvalue weighted by Crippen LogP contribution is 2.22. The lowest BCUT2D eigenvalue weighted by Gasteiger charge is -2.15. The van der Waals surface area contributed by atoms with Gasteiger partial charge < -0.3 is 5.32 Å². The van der Waals surface area contributed by atoms with E-state index in [1.165, 1.54) is 18.1 Å². The first kappa shape index (κ1) is 14.1. The molecule has 0 saturated carbocycles. The van der Waals surface area contributed by atoms with E-state index in [1.54, 1.807) is 0 Å². The summed E-state index contributed by atoms with van der Waals surface area (Å²) in [5.41, 5.74) is 1.06. The Labute approximate surface area is 123 Å². The molecule has 0 fully saturated rings. The van der Waals surface area contributed by atoms with Crippen molar-refractivity contribution in [3.8, 4) is 0 Å². The molecule has 1 atom stereocenters. The number of H-pyrrole nitrogens is 1. The number of benzene rings is 1. The molecule has 100 valence electrons. The molecule has 2 N–H and O–H groups in total. The van der Waals surface area contributed by atoms with Gasteiger partial charge in [0.25, 0.3) is 0 Å². The fraction of sp³-hybridized carbons (Fsp3) is 0.250. The summed E-state index contributed by atoms with van der Waals surface area (Å²) < 4.78 is 0.991. The van der Waals surface area contributed by atoms with Crippen LogP contribution in [-0.2, 0) is 4.79 Å². The van der Waals surface area contributed by atoms with Crippen molar-refractivity contribution in [1.29, 1.82) is 0 Å². The van der Waals surface area contributed by atoms with E-state index in [-0.39, 0.29) is 11.9 Å². The molecule has 0 bridgehead atoms. The number of aromatic nitrogens is 3. The summed E-state index contributed by atoms with van der Waals surface area (Å²) in [5.74, 6) is 0.272. The van der Waals surface area contributed by atoms with Gasteiger partial charge >= 0.3 is 0 Å². The number of halogens is 1. The molecule has 1 aromatic heterocycles. The third-order valence-electron chi connectivity index (χ3n) is 2.48. The van der Waals surface area contributed by atoms with Crippen molar-refractivity contribution in [2.45, 2.75) is 18.1 Å². The van der Waals surface area contributed by atoms with Gasteiger partial charge in [-0.15, -0.1) is 0 Å². The Hall–Kier alpha value is -1.34. The minimum Gasteiger partial charge on any atom is -0.349 e. The van der Waals surface area contributed by atoms with Crippen molar-refractivity contribution in [2.75, 3.05) is 5.75 Å². The summed E-state index contributed by atoms with van der Waals surface area (Å²) in [7, 11) is 0. The van der Waals surface area contributed by atoms with E-state index < -0.39 is 0 Å². The van der Waals surface area contributed by atoms with Crippen molar-refractivity contribution in [1.82, 2.24) is 20.5 Å². The summed E-state index contributed by atoms with van der Waals surface area (Å²) in [5, 5.41) is 10.0. The van der Waals surface area contributed by atoms with Crippen molar-refractivity contribution in [2.24, 2.45) is 0 Å². The molecule has 5 nitrogen and oxygen atoms in total. The van der Waals surface area contributed by atoms with Crippen LogP contribution in [0.1, 0.15) is 18.5 Å². The number of aromatic amines is 1. The van der Waals surface area contributed by atoms with E-state index in [4.69, 9.17) is 0 Å². The lowest BCUT2D eigenvalue weighted by Crippen LogP contribution is -2.28. The Morgan fingerprint density at radius 2 is 2.32 bits per heavy atom. The van der Waals surface area contributed by atoms with Crippen LogP contribution in [0.4, 0.5) is 0 Å². The van der Waals surface area contributed by atoms with E-state index in [1.807, 2.05) is 31.2 Å². The second kappa shape index (κ2) is 6.72. The van der Waals surface area contributed by atoms with Gasteiger partial charge in [0.05, 0.1) is 11.8 Å². The topological polar surface area (TPSA) is 70.7 Å². The number of thioether (sulfide) groups is 1. The number of nitrogens with zero attached hydrogens (tertiary/aromatic N) is 2. The van der Waals surface area contributed by atoms with Gasteiger partial charge in [0.15, 0.2) is 5.16 Å². The number of amides is 1. The van der Waals surface area contributed by atoms with Gasteiger partial charge in [0.1, 0.15) is 6.33 Å². The molecule has 7 heteroatoms. The highest BCUT2D eigenvalue weighted by Gasteiger charge is 2.12. The first-order valence-corrected chi connectivity index (χ1v) is 7.46. The summed E-state index contributed by atoms with van der Waals surface area (Å²) >= 11 is 4.80. The number of hydrogen-bond acceptors (Lipinski definition) is 4. The molecule has 1 heterocycles. The van der Waals surface area contributed by atoms with Crippen molar-refractivity contribution in [3.63, 3.8) is 0 Å². The van der Waals surface area contributed by atoms with Crippen LogP contribution in [0.2, 0.25) is 0 Å². The zero-order valence-corrected chi connectivity index (χ0v) is 12.7. The van der Waals surface area contributed by atoms with Crippen LogP contribution in [0.5, 0.6) is 0 Å². The standard InChI is InChI=1S/C12H13BrN4OS/c1-8(9-4-2-3-5-10(9)13)16-11(18)6-19-12-14-7-15-17-12/h2-5,7-8H,6H2,1H3,(H,16,18)(H,14,15,17)/t8-/m1/s1. The minimum absolute atomic E-state index is 0.0374. The highest BCUT2D eigenvalue weighted by atomic mass is 79.9. The Morgan fingerprint density at radius 3 is 3.00 bits per heavy atom. The highest BCUT2D eigenvalue weighted by molar-refractivity contribution is 9.10. The fourth-order valence-electron chi connectivity index (χ4n) is 1.58. The average Bonchev–Trinajstić information content (AvgIpc) is 2.90. The number of hydrogen-bond donors (Lipinski definition) is 2. The quantitative estimate of drug-likeness (QED) is 0.820. The van der Waals surface area contributed by atoms with Crippen LogP contribution in [-0.4, -0.2) is 26.8 Å². The van der Waals surface area contributed by atoms with Gasteiger partial charge in [0.2, 0.25) is 5.91 Å². The van der Waals surface area contributed by atoms with Crippen LogP contribution in [0, 0.1) is 0 Å². The predicted molar refractivity (Wildman–Crippen MR) is 77.8 cm³/mol. The number of carbonyl (C=O) groups excluding carboxylic acids is 1. The summed E-state index contributed by atoms with van der Waals surface area (Å²) in [4.78, 5) is 15.8. The maximum absolute atomic E-state index is 11.8. The molecule has 0 radical (unpaired) electrons. The van der Waals surface area contributed by atoms with E-state index in [0.29, 0.717) is 10.9 Å². The Morgan fingerprint density at radius 1 is 1.53 bits per heavy atom. The molecule has 0 aliphatic rings. The van der Waals surface area contributed by atoms with Gasteiger partial charge in [-0.1, -0.05) is 45.9 Å². The smallest absolute Gasteiger partial charge is 0.230 e. The summed E-state index contributed by atoms with van der Waals surface area (Å²) in [6.45, 7) is 1.96. The van der Waals surface area contributed by atoms with Gasteiger partial charge in [-0.2, -0.15) is 5.10 Å². The van der Waals surface area contributed by atoms with E-state index in [0.717, 1.165) is 10.0 Å². The molecule has 0 saturated heterocycles. The Kier molecular flexibility index (Phi) is 4.98. The van der Waals surface area contributed by atoms with Crippen LogP contribution < -0.4 is 5.32 Å². The van der Waals surface area contributed by atoms with E-state index >= 15 is 0 Å². The molecule has 0 spiro atoms. The maximum atomic E-state index is 11.8. The summed E-state index contributed by atoms with van der Waals surface area (Å²) in [6.07, 6.45) is 1.42. The normalized spacial score (nSPS) is 12.1. The lowest BCUT2D eigenvalue weighted by molar-refractivity contribution is -0.119. The second-order valence-corrected chi connectivity index (χ2v) is 5.71. The zero-order valence-electron chi connectivity index (χ0n) is 10.3. The molecule has 0 unspecified atom stereocenters. The SMILES string of the molecule is C[C@@H](NC(=O)CSc1ncn[nH]1)c1ccccc1Br. The fourth-order valence-corrected chi connectivity index (χ4v) is 2.80. The average molecular weight is 341 g/mol. The molecular formula is C12H13BrN4OS. The molecule has 2 aromatic rings. The lowest BCUT2D eigenvalue weighted by atomic mass is 10.1. The van der Waals surface area contributed by atoms with Crippen LogP contribution in [0.15, 0.2) is 40.2 Å². The predicted octanol–water partition coefficient (Wildman–Crippen LogP) is 2.54. The Bertz CT molecular complexity index is 546. The molecule has 0 aliphatic heterocycles. The van der Waals surface area contributed by atoms with Crippen molar-refractivity contribution < 1.29 is 4.79 Å². The monoisotopic (exact) mass is 340 g/mol. The van der Waals surface area contributed by atoms with Crippen molar-refractivity contribution >= 4 is 33.6 Å². The third-order valence-corrected chi connectivity index (χ3v) is 4.08. The van der Waals surface area contributed by atoms with Crippen LogP contribution in [0.25, 0.3) is 0 Å². The molecule has 1 aromatic carbocycles. The third kappa shape index (κ3) is 4.07. The Balaban J connectivity index is 1.87. The summed E-state index contributed by atoms with van der Waals surface area (Å²) in [6, 6.07) is 7.80. The number of nitrogens with one attached hydrogen (secondary N) is 2. The van der Waals surface area contributed by atoms with Gasteiger partial charge in [0, 0.05) is 4.47 Å². The van der Waals surface area contributed by atoms with Gasteiger partial charge in [-0.25, -0.2) is 4.98 Å². The van der Waals surface area contributed by atoms with E-state index in [9.17, 15) is 4.79 Å². The van der Waals surface area contributed by atoms with Gasteiger partial charge in [-0.3, -0.25) is 9.89 Å². The molecule has 2 rings (SSSR count). The number of rotatable bonds is 5. The molecule has 1 amide bonds. The number of carbonyl (C=O) groups is 1. The first-order chi connectivity index (χ1) is 9.16. The molecule has 19 heavy (non-hydrogen) atoms. The van der Waals surface area contributed by atoms with Crippen molar-refractivity contribution in [3.05, 3.63) is 40.6 Å². The first-order valence-electron chi connectivity index (χ1n) is 5.69. The molecular weight excluding hydrogens is 328 g/mol. The van der Waals surface area contributed by atoms with Gasteiger partial charge in [-0.05, 0) is 18.6 Å². The minimum atomic E-state index is -0.0431. The zero-order chi connectivity index (χ0) is 13.7. The largest absolute Gasteiger partial charge is 0.349 e. The maximum Gasteiger partial charge on any atom is 0.230 e. The molecule has 0 aliphatic carbocycles. The van der Waals surface area contributed by atoms with Crippen LogP contribution in [0.3, 0.4) is 0 Å². The second-order valence-electron chi connectivity index (χ2n) is 3.89. The van der Waals surface area contributed by atoms with Crippen LogP contribution >= 0.6 is 27.7 Å².